The second-order valence-electron chi connectivity index (χ2n) is 5.21. The fourth-order valence-corrected chi connectivity index (χ4v) is 2.28. The number of phenols is 1. The van der Waals surface area contributed by atoms with Crippen LogP contribution in [0.25, 0.3) is 0 Å². The van der Waals surface area contributed by atoms with E-state index in [0.717, 1.165) is 0 Å². The van der Waals surface area contributed by atoms with Crippen LogP contribution in [0.1, 0.15) is 32.8 Å². The highest BCUT2D eigenvalue weighted by Crippen LogP contribution is 2.34. The van der Waals surface area contributed by atoms with Crippen LogP contribution in [-0.2, 0) is 15.0 Å². The normalized spacial score (nSPS) is 15.2. The smallest absolute Gasteiger partial charge is 0.330 e. The first-order valence-electron chi connectivity index (χ1n) is 6.87. The van der Waals surface area contributed by atoms with E-state index < -0.39 is 17.4 Å². The number of allylic oxidation sites excluding steroid dienone is 2. The Morgan fingerprint density at radius 2 is 1.41 bits per heavy atom. The highest BCUT2D eigenvalue weighted by Gasteiger charge is 2.28. The minimum Gasteiger partial charge on any atom is -0.508 e. The van der Waals surface area contributed by atoms with Crippen LogP contribution in [-0.4, -0.2) is 27.3 Å². The Balaban J connectivity index is 3.57. The van der Waals surface area contributed by atoms with Gasteiger partial charge in [-0.05, 0) is 38.0 Å². The second-order valence-corrected chi connectivity index (χ2v) is 5.21. The van der Waals surface area contributed by atoms with Crippen molar-refractivity contribution in [3.8, 4) is 5.75 Å². The van der Waals surface area contributed by atoms with Crippen molar-refractivity contribution in [2.75, 3.05) is 0 Å². The molecule has 1 aromatic rings. The Labute approximate surface area is 129 Å². The summed E-state index contributed by atoms with van der Waals surface area (Å²) >= 11 is 0. The zero-order valence-electron chi connectivity index (χ0n) is 12.8. The number of phenolic OH excluding ortho intramolecular Hbond substituents is 1. The molecule has 0 unspecified atom stereocenters. The summed E-state index contributed by atoms with van der Waals surface area (Å²) < 4.78 is 0. The van der Waals surface area contributed by atoms with Crippen molar-refractivity contribution in [1.82, 2.24) is 0 Å². The van der Waals surface area contributed by atoms with Crippen molar-refractivity contribution in [2.45, 2.75) is 32.6 Å². The summed E-state index contributed by atoms with van der Waals surface area (Å²) in [6.45, 7) is 4.79. The van der Waals surface area contributed by atoms with E-state index in [1.54, 1.807) is 24.3 Å². The summed E-state index contributed by atoms with van der Waals surface area (Å²) in [6.07, 6.45) is 3.58. The molecule has 0 aliphatic rings. The Hall–Kier alpha value is -2.56. The molecule has 0 fully saturated rings. The summed E-state index contributed by atoms with van der Waals surface area (Å²) in [7, 11) is 0. The molecule has 0 bridgehead atoms. The van der Waals surface area contributed by atoms with Crippen LogP contribution in [0.2, 0.25) is 0 Å². The van der Waals surface area contributed by atoms with Gasteiger partial charge in [-0.25, -0.2) is 9.59 Å². The second kappa shape index (κ2) is 6.93. The average molecular weight is 304 g/mol. The molecule has 0 spiro atoms. The van der Waals surface area contributed by atoms with Gasteiger partial charge in [0.1, 0.15) is 5.75 Å². The molecule has 1 aromatic carbocycles. The van der Waals surface area contributed by atoms with Crippen LogP contribution in [0.5, 0.6) is 5.75 Å². The van der Waals surface area contributed by atoms with E-state index in [-0.39, 0.29) is 16.9 Å². The van der Waals surface area contributed by atoms with Gasteiger partial charge in [-0.15, -0.1) is 0 Å². The lowest BCUT2D eigenvalue weighted by Crippen LogP contribution is -2.23. The quantitative estimate of drug-likeness (QED) is 0.702. The van der Waals surface area contributed by atoms with Crippen LogP contribution in [0.4, 0.5) is 0 Å². The molecule has 0 saturated carbocycles. The van der Waals surface area contributed by atoms with Gasteiger partial charge in [0.05, 0.1) is 0 Å². The third kappa shape index (κ3) is 3.97. The number of carboxylic acid groups (broad SMARTS) is 2. The SMILES string of the molecule is CCC(C=C(C)C(=O)O)(C=C(C)C(=O)O)c1ccc(O)cc1. The standard InChI is InChI=1S/C17H20O5/c1-4-17(9-11(2)15(19)20,10-12(3)16(21)22)13-5-7-14(18)8-6-13/h5-10,18H,4H2,1-3H3,(H,19,20)(H,21,22). The summed E-state index contributed by atoms with van der Waals surface area (Å²) in [5, 5.41) is 27.7. The molecule has 5 nitrogen and oxygen atoms in total. The summed E-state index contributed by atoms with van der Waals surface area (Å²) in [4.78, 5) is 22.3. The van der Waals surface area contributed by atoms with Crippen LogP contribution in [0.3, 0.4) is 0 Å². The highest BCUT2D eigenvalue weighted by atomic mass is 16.4. The topological polar surface area (TPSA) is 94.8 Å². The van der Waals surface area contributed by atoms with Crippen LogP contribution >= 0.6 is 0 Å². The maximum Gasteiger partial charge on any atom is 0.330 e. The Bertz CT molecular complexity index is 593. The predicted octanol–water partition coefficient (Wildman–Crippen LogP) is 3.10. The van der Waals surface area contributed by atoms with Crippen molar-refractivity contribution in [1.29, 1.82) is 0 Å². The minimum atomic E-state index is -1.06. The van der Waals surface area contributed by atoms with Gasteiger partial charge in [-0.3, -0.25) is 0 Å². The lowest BCUT2D eigenvalue weighted by molar-refractivity contribution is -0.133. The number of carboxylic acids is 2. The molecule has 0 atom stereocenters. The van der Waals surface area contributed by atoms with Crippen molar-refractivity contribution in [3.63, 3.8) is 0 Å². The zero-order chi connectivity index (χ0) is 16.9. The van der Waals surface area contributed by atoms with E-state index in [1.807, 2.05) is 6.92 Å². The molecule has 1 rings (SSSR count). The fourth-order valence-electron chi connectivity index (χ4n) is 2.28. The first-order chi connectivity index (χ1) is 10.2. The number of hydrogen-bond acceptors (Lipinski definition) is 3. The lowest BCUT2D eigenvalue weighted by Gasteiger charge is -2.28. The Kier molecular flexibility index (Phi) is 5.51. The van der Waals surface area contributed by atoms with E-state index in [9.17, 15) is 14.7 Å². The number of rotatable bonds is 6. The van der Waals surface area contributed by atoms with Gasteiger partial charge >= 0.3 is 11.9 Å². The van der Waals surface area contributed by atoms with Crippen molar-refractivity contribution < 1.29 is 24.9 Å². The molecule has 5 heteroatoms. The van der Waals surface area contributed by atoms with Crippen molar-refractivity contribution in [2.24, 2.45) is 0 Å². The molecule has 0 aliphatic carbocycles. The monoisotopic (exact) mass is 304 g/mol. The van der Waals surface area contributed by atoms with Gasteiger partial charge in [0.25, 0.3) is 0 Å². The molecule has 0 aliphatic heterocycles. The van der Waals surface area contributed by atoms with E-state index in [1.165, 1.54) is 26.0 Å². The van der Waals surface area contributed by atoms with Crippen LogP contribution in [0.15, 0.2) is 47.6 Å². The van der Waals surface area contributed by atoms with Gasteiger partial charge < -0.3 is 15.3 Å². The van der Waals surface area contributed by atoms with Gasteiger partial charge in [-0.2, -0.15) is 0 Å². The molecule has 0 amide bonds. The van der Waals surface area contributed by atoms with Crippen molar-refractivity contribution in [3.05, 3.63) is 53.1 Å². The number of aliphatic carboxylic acids is 2. The van der Waals surface area contributed by atoms with E-state index in [4.69, 9.17) is 10.2 Å². The predicted molar refractivity (Wildman–Crippen MR) is 82.9 cm³/mol. The summed E-state index contributed by atoms with van der Waals surface area (Å²) in [5.41, 5.74) is 0.112. The van der Waals surface area contributed by atoms with Gasteiger partial charge in [0.2, 0.25) is 0 Å². The third-order valence-corrected chi connectivity index (χ3v) is 3.61. The number of carbonyl (C=O) groups is 2. The zero-order valence-corrected chi connectivity index (χ0v) is 12.8. The van der Waals surface area contributed by atoms with E-state index in [2.05, 4.69) is 0 Å². The first kappa shape index (κ1) is 17.5. The van der Waals surface area contributed by atoms with Gasteiger partial charge in [-0.1, -0.05) is 31.2 Å². The molecule has 0 heterocycles. The molecule has 22 heavy (non-hydrogen) atoms. The Morgan fingerprint density at radius 3 is 1.73 bits per heavy atom. The molecule has 0 saturated heterocycles. The Morgan fingerprint density at radius 1 is 1.00 bits per heavy atom. The van der Waals surface area contributed by atoms with E-state index in [0.29, 0.717) is 12.0 Å². The molecular weight excluding hydrogens is 284 g/mol. The molecule has 3 N–H and O–H groups in total. The first-order valence-corrected chi connectivity index (χ1v) is 6.87. The fraction of sp³-hybridized carbons (Fsp3) is 0.294. The maximum absolute atomic E-state index is 11.2. The molecule has 118 valence electrons. The number of hydrogen-bond donors (Lipinski definition) is 3. The number of aromatic hydroxyl groups is 1. The highest BCUT2D eigenvalue weighted by molar-refractivity contribution is 5.88. The average Bonchev–Trinajstić information content (AvgIpc) is 2.46. The molecule has 0 radical (unpaired) electrons. The molecular formula is C17H20O5. The summed E-state index contributed by atoms with van der Waals surface area (Å²) in [5.74, 6) is -2.03. The lowest BCUT2D eigenvalue weighted by atomic mass is 9.75. The molecule has 0 aromatic heterocycles. The largest absolute Gasteiger partial charge is 0.508 e. The van der Waals surface area contributed by atoms with Crippen LogP contribution in [0, 0.1) is 0 Å². The van der Waals surface area contributed by atoms with Gasteiger partial charge in [0.15, 0.2) is 0 Å². The van der Waals surface area contributed by atoms with E-state index >= 15 is 0 Å². The third-order valence-electron chi connectivity index (χ3n) is 3.61. The maximum atomic E-state index is 11.2. The minimum absolute atomic E-state index is 0.0895. The van der Waals surface area contributed by atoms with Crippen LogP contribution < -0.4 is 0 Å². The number of benzene rings is 1. The van der Waals surface area contributed by atoms with Crippen molar-refractivity contribution >= 4 is 11.9 Å². The summed E-state index contributed by atoms with van der Waals surface area (Å²) in [6, 6.07) is 6.31. The van der Waals surface area contributed by atoms with Gasteiger partial charge in [0, 0.05) is 16.6 Å².